The van der Waals surface area contributed by atoms with Gasteiger partial charge in [-0.2, -0.15) is 0 Å². The summed E-state index contributed by atoms with van der Waals surface area (Å²) in [6.45, 7) is 7.62. The molecule has 0 fully saturated rings. The van der Waals surface area contributed by atoms with E-state index in [1.54, 1.807) is 6.08 Å². The number of aromatic amines is 1. The quantitative estimate of drug-likeness (QED) is 0.674. The molecule has 0 atom stereocenters. The van der Waals surface area contributed by atoms with Gasteiger partial charge < -0.3 is 4.98 Å². The molecule has 0 saturated carbocycles. The molecule has 0 amide bonds. The maximum Gasteiger partial charge on any atom is 0.0406 e. The van der Waals surface area contributed by atoms with Crippen LogP contribution in [-0.4, -0.2) is 4.98 Å². The number of nitrogens with one attached hydrogen (secondary N) is 1. The van der Waals surface area contributed by atoms with Crippen LogP contribution < -0.4 is 0 Å². The molecule has 1 aromatic heterocycles. The summed E-state index contributed by atoms with van der Waals surface area (Å²) in [5, 5.41) is 0.664. The smallest absolute Gasteiger partial charge is 0.0406 e. The summed E-state index contributed by atoms with van der Waals surface area (Å²) >= 11 is 5.81. The molecule has 12 heavy (non-hydrogen) atoms. The van der Waals surface area contributed by atoms with Crippen LogP contribution in [0, 0.1) is 13.8 Å². The molecule has 0 aliphatic rings. The zero-order valence-corrected chi connectivity index (χ0v) is 8.07. The first kappa shape index (κ1) is 9.14. The van der Waals surface area contributed by atoms with Gasteiger partial charge in [-0.3, -0.25) is 0 Å². The Balaban J connectivity index is 3.03. The van der Waals surface area contributed by atoms with Gasteiger partial charge in [0.2, 0.25) is 0 Å². The fourth-order valence-corrected chi connectivity index (χ4v) is 1.22. The summed E-state index contributed by atoms with van der Waals surface area (Å²) in [4.78, 5) is 3.20. The highest BCUT2D eigenvalue weighted by Crippen LogP contribution is 2.15. The van der Waals surface area contributed by atoms with Gasteiger partial charge >= 0.3 is 0 Å². The van der Waals surface area contributed by atoms with Gasteiger partial charge in [0.1, 0.15) is 0 Å². The lowest BCUT2D eigenvalue weighted by Gasteiger charge is -1.90. The first-order valence-corrected chi connectivity index (χ1v) is 4.17. The van der Waals surface area contributed by atoms with Crippen molar-refractivity contribution in [3.63, 3.8) is 0 Å². The van der Waals surface area contributed by atoms with Gasteiger partial charge in [0.05, 0.1) is 0 Å². The molecule has 0 aromatic carbocycles. The van der Waals surface area contributed by atoms with Crippen LogP contribution in [0.2, 0.25) is 0 Å². The average molecular weight is 182 g/mol. The van der Waals surface area contributed by atoms with E-state index in [4.69, 9.17) is 11.6 Å². The molecule has 1 aromatic rings. The van der Waals surface area contributed by atoms with E-state index < -0.39 is 0 Å². The topological polar surface area (TPSA) is 15.8 Å². The molecule has 2 heteroatoms. The van der Waals surface area contributed by atoms with Crippen molar-refractivity contribution in [2.45, 2.75) is 13.8 Å². The van der Waals surface area contributed by atoms with E-state index in [0.29, 0.717) is 5.03 Å². The third-order valence-electron chi connectivity index (χ3n) is 1.68. The summed E-state index contributed by atoms with van der Waals surface area (Å²) in [6.07, 6.45) is 3.52. The van der Waals surface area contributed by atoms with Crippen LogP contribution >= 0.6 is 11.6 Å². The van der Waals surface area contributed by atoms with E-state index in [-0.39, 0.29) is 0 Å². The van der Waals surface area contributed by atoms with Crippen molar-refractivity contribution in [3.05, 3.63) is 40.7 Å². The van der Waals surface area contributed by atoms with E-state index in [9.17, 15) is 0 Å². The molecule has 0 saturated heterocycles. The molecule has 1 N–H and O–H groups in total. The SMILES string of the molecule is C=C/C(Cl)=C\c1cc(C)[nH]c1C. The number of hydrogen-bond donors (Lipinski definition) is 1. The highest BCUT2D eigenvalue weighted by molar-refractivity contribution is 6.33. The van der Waals surface area contributed by atoms with E-state index >= 15 is 0 Å². The Morgan fingerprint density at radius 2 is 2.25 bits per heavy atom. The minimum Gasteiger partial charge on any atom is -0.362 e. The second-order valence-corrected chi connectivity index (χ2v) is 3.20. The van der Waals surface area contributed by atoms with Crippen LogP contribution in [0.1, 0.15) is 17.0 Å². The summed E-state index contributed by atoms with van der Waals surface area (Å²) in [5.74, 6) is 0. The summed E-state index contributed by atoms with van der Waals surface area (Å²) in [7, 11) is 0. The van der Waals surface area contributed by atoms with Gasteiger partial charge in [-0.25, -0.2) is 0 Å². The van der Waals surface area contributed by atoms with Crippen molar-refractivity contribution in [2.24, 2.45) is 0 Å². The van der Waals surface area contributed by atoms with Crippen molar-refractivity contribution in [3.8, 4) is 0 Å². The van der Waals surface area contributed by atoms with Crippen LogP contribution in [0.3, 0.4) is 0 Å². The van der Waals surface area contributed by atoms with Gasteiger partial charge in [-0.05, 0) is 31.6 Å². The Morgan fingerprint density at radius 1 is 1.58 bits per heavy atom. The maximum atomic E-state index is 5.81. The van der Waals surface area contributed by atoms with E-state index in [2.05, 4.69) is 17.6 Å². The molecule has 1 heterocycles. The Bertz CT molecular complexity index is 321. The Morgan fingerprint density at radius 3 is 2.67 bits per heavy atom. The molecule has 0 bridgehead atoms. The van der Waals surface area contributed by atoms with E-state index in [1.165, 1.54) is 0 Å². The van der Waals surface area contributed by atoms with Crippen LogP contribution in [0.4, 0.5) is 0 Å². The molecular weight excluding hydrogens is 170 g/mol. The van der Waals surface area contributed by atoms with Crippen LogP contribution in [0.5, 0.6) is 0 Å². The lowest BCUT2D eigenvalue weighted by Crippen LogP contribution is -1.74. The minimum absolute atomic E-state index is 0.664. The monoisotopic (exact) mass is 181 g/mol. The number of rotatable bonds is 2. The van der Waals surface area contributed by atoms with Crippen LogP contribution in [-0.2, 0) is 0 Å². The summed E-state index contributed by atoms with van der Waals surface area (Å²) < 4.78 is 0. The highest BCUT2D eigenvalue weighted by atomic mass is 35.5. The second kappa shape index (κ2) is 3.63. The average Bonchev–Trinajstić information content (AvgIpc) is 2.30. The van der Waals surface area contributed by atoms with Crippen molar-refractivity contribution in [1.29, 1.82) is 0 Å². The number of hydrogen-bond acceptors (Lipinski definition) is 0. The Hall–Kier alpha value is -0.950. The Kier molecular flexibility index (Phi) is 2.77. The number of aromatic nitrogens is 1. The fourth-order valence-electron chi connectivity index (χ4n) is 1.10. The number of H-pyrrole nitrogens is 1. The summed E-state index contributed by atoms with van der Waals surface area (Å²) in [6, 6.07) is 2.06. The normalized spacial score (nSPS) is 11.8. The van der Waals surface area contributed by atoms with Crippen molar-refractivity contribution < 1.29 is 0 Å². The van der Waals surface area contributed by atoms with Crippen molar-refractivity contribution >= 4 is 17.7 Å². The largest absolute Gasteiger partial charge is 0.362 e. The van der Waals surface area contributed by atoms with E-state index in [1.807, 2.05) is 19.9 Å². The van der Waals surface area contributed by atoms with Gasteiger partial charge in [-0.15, -0.1) is 0 Å². The van der Waals surface area contributed by atoms with Gasteiger partial charge in [0, 0.05) is 16.4 Å². The molecule has 0 aliphatic carbocycles. The number of halogens is 1. The lowest BCUT2D eigenvalue weighted by molar-refractivity contribution is 1.19. The molecule has 64 valence electrons. The first-order chi connectivity index (χ1) is 5.63. The van der Waals surface area contributed by atoms with Crippen molar-refractivity contribution in [1.82, 2.24) is 4.98 Å². The highest BCUT2D eigenvalue weighted by Gasteiger charge is 1.98. The van der Waals surface area contributed by atoms with Crippen LogP contribution in [0.15, 0.2) is 23.8 Å². The molecule has 0 unspecified atom stereocenters. The predicted molar refractivity (Wildman–Crippen MR) is 54.3 cm³/mol. The van der Waals surface area contributed by atoms with Gasteiger partial charge in [-0.1, -0.05) is 24.3 Å². The molecular formula is C10H12ClN. The molecule has 0 aliphatic heterocycles. The molecule has 1 nitrogen and oxygen atoms in total. The first-order valence-electron chi connectivity index (χ1n) is 3.79. The third-order valence-corrected chi connectivity index (χ3v) is 1.94. The zero-order chi connectivity index (χ0) is 9.14. The standard InChI is InChI=1S/C10H12ClN/c1-4-10(11)6-9-5-7(2)12-8(9)3/h4-6,12H,1H2,2-3H3/b10-6+. The van der Waals surface area contributed by atoms with Crippen molar-refractivity contribution in [2.75, 3.05) is 0 Å². The van der Waals surface area contributed by atoms with E-state index in [0.717, 1.165) is 17.0 Å². The molecule has 1 rings (SSSR count). The van der Waals surface area contributed by atoms with Crippen LogP contribution in [0.25, 0.3) is 6.08 Å². The molecule has 0 spiro atoms. The third kappa shape index (κ3) is 2.02. The second-order valence-electron chi connectivity index (χ2n) is 2.77. The fraction of sp³-hybridized carbons (Fsp3) is 0.200. The predicted octanol–water partition coefficient (Wildman–Crippen LogP) is 3.40. The Labute approximate surface area is 77.8 Å². The number of allylic oxidation sites excluding steroid dienone is 2. The number of aryl methyl sites for hydroxylation is 2. The zero-order valence-electron chi connectivity index (χ0n) is 7.32. The van der Waals surface area contributed by atoms with Gasteiger partial charge in [0.15, 0.2) is 0 Å². The minimum atomic E-state index is 0.664. The molecule has 0 radical (unpaired) electrons. The lowest BCUT2D eigenvalue weighted by atomic mass is 10.2. The maximum absolute atomic E-state index is 5.81. The van der Waals surface area contributed by atoms with Gasteiger partial charge in [0.25, 0.3) is 0 Å². The summed E-state index contributed by atoms with van der Waals surface area (Å²) in [5.41, 5.74) is 3.40.